The fourth-order valence-corrected chi connectivity index (χ4v) is 3.94. The molecule has 0 radical (unpaired) electrons. The normalized spacial score (nSPS) is 20.6. The number of rotatable bonds is 3. The van der Waals surface area contributed by atoms with Crippen LogP contribution in [0.4, 0.5) is 0 Å². The van der Waals surface area contributed by atoms with E-state index in [9.17, 15) is 10.1 Å². The second-order valence-electron chi connectivity index (χ2n) is 6.75. The molecule has 126 valence electrons. The molecule has 4 nitrogen and oxygen atoms in total. The van der Waals surface area contributed by atoms with Gasteiger partial charge in [-0.1, -0.05) is 35.9 Å². The summed E-state index contributed by atoms with van der Waals surface area (Å²) >= 11 is 0. The zero-order valence-corrected chi connectivity index (χ0v) is 14.1. The molecule has 2 unspecified atom stereocenters. The second kappa shape index (κ2) is 6.25. The Morgan fingerprint density at radius 1 is 1.28 bits per heavy atom. The van der Waals surface area contributed by atoms with E-state index in [1.54, 1.807) is 0 Å². The summed E-state index contributed by atoms with van der Waals surface area (Å²) in [7, 11) is 0. The Balaban J connectivity index is 1.62. The highest BCUT2D eigenvalue weighted by molar-refractivity contribution is 5.85. The van der Waals surface area contributed by atoms with Gasteiger partial charge in [-0.3, -0.25) is 4.79 Å². The molecule has 4 rings (SSSR count). The molecule has 1 aliphatic carbocycles. The largest absolute Gasteiger partial charge is 0.454 e. The molecule has 0 aromatic heterocycles. The number of aryl methyl sites for hydroxylation is 1. The van der Waals surface area contributed by atoms with Crippen LogP contribution in [0.25, 0.3) is 0 Å². The predicted molar refractivity (Wildman–Crippen MR) is 92.6 cm³/mol. The summed E-state index contributed by atoms with van der Waals surface area (Å²) in [4.78, 5) is 12.9. The molecule has 0 fully saturated rings. The van der Waals surface area contributed by atoms with Crippen molar-refractivity contribution in [1.29, 1.82) is 5.26 Å². The second-order valence-corrected chi connectivity index (χ2v) is 6.75. The maximum atomic E-state index is 12.9. The number of Topliss-reactive ketones (excluding diaryl/α,β-unsaturated/α-hetero) is 1. The summed E-state index contributed by atoms with van der Waals surface area (Å²) in [5.74, 6) is 0.941. The highest BCUT2D eigenvalue weighted by Gasteiger charge is 2.37. The first-order chi connectivity index (χ1) is 12.2. The monoisotopic (exact) mass is 333 g/mol. The van der Waals surface area contributed by atoms with Gasteiger partial charge in [0.2, 0.25) is 6.79 Å². The summed E-state index contributed by atoms with van der Waals surface area (Å²) in [5.41, 5.74) is 4.10. The maximum absolute atomic E-state index is 12.9. The van der Waals surface area contributed by atoms with Crippen LogP contribution in [-0.4, -0.2) is 12.6 Å². The van der Waals surface area contributed by atoms with Gasteiger partial charge in [0.1, 0.15) is 5.78 Å². The fourth-order valence-electron chi connectivity index (χ4n) is 3.94. The lowest BCUT2D eigenvalue weighted by Gasteiger charge is -2.29. The van der Waals surface area contributed by atoms with Crippen molar-refractivity contribution >= 4 is 5.78 Å². The molecule has 1 aliphatic heterocycles. The van der Waals surface area contributed by atoms with Crippen LogP contribution in [0.2, 0.25) is 0 Å². The molecule has 2 atom stereocenters. The molecule has 2 aromatic rings. The summed E-state index contributed by atoms with van der Waals surface area (Å²) in [5, 5.41) is 9.74. The first-order valence-electron chi connectivity index (χ1n) is 8.56. The highest BCUT2D eigenvalue weighted by atomic mass is 16.7. The van der Waals surface area contributed by atoms with E-state index in [2.05, 4.69) is 6.07 Å². The topological polar surface area (TPSA) is 59.3 Å². The van der Waals surface area contributed by atoms with Crippen molar-refractivity contribution in [3.8, 4) is 17.6 Å². The van der Waals surface area contributed by atoms with Crippen molar-refractivity contribution in [1.82, 2.24) is 0 Å². The number of carbonyl (C=O) groups excluding carboxylic acids is 1. The number of carbonyl (C=O) groups is 1. The predicted octanol–water partition coefficient (Wildman–Crippen LogP) is 3.71. The van der Waals surface area contributed by atoms with Gasteiger partial charge in [0.15, 0.2) is 11.5 Å². The third-order valence-electron chi connectivity index (χ3n) is 5.13. The lowest BCUT2D eigenvalue weighted by molar-refractivity contribution is -0.122. The summed E-state index contributed by atoms with van der Waals surface area (Å²) < 4.78 is 11.0. The first kappa shape index (κ1) is 15.7. The van der Waals surface area contributed by atoms with E-state index >= 15 is 0 Å². The molecular formula is C21H19NO3. The van der Waals surface area contributed by atoms with Gasteiger partial charge in [0.05, 0.1) is 12.0 Å². The molecule has 1 heterocycles. The number of benzene rings is 2. The van der Waals surface area contributed by atoms with Crippen LogP contribution in [0.15, 0.2) is 36.4 Å². The van der Waals surface area contributed by atoms with Gasteiger partial charge < -0.3 is 9.47 Å². The number of hydrogen-bond acceptors (Lipinski definition) is 4. The minimum absolute atomic E-state index is 0.139. The number of fused-ring (bicyclic) bond motifs is 3. The smallest absolute Gasteiger partial charge is 0.231 e. The molecule has 0 amide bonds. The van der Waals surface area contributed by atoms with Crippen molar-refractivity contribution in [2.45, 2.75) is 32.1 Å². The van der Waals surface area contributed by atoms with Crippen LogP contribution in [0, 0.1) is 24.2 Å². The molecule has 0 saturated carbocycles. The van der Waals surface area contributed by atoms with E-state index in [1.165, 1.54) is 0 Å². The van der Waals surface area contributed by atoms with Crippen molar-refractivity contribution < 1.29 is 14.3 Å². The third kappa shape index (κ3) is 2.76. The third-order valence-corrected chi connectivity index (χ3v) is 5.13. The molecule has 0 saturated heterocycles. The average Bonchev–Trinajstić information content (AvgIpc) is 3.09. The molecule has 4 heteroatoms. The number of hydrogen-bond donors (Lipinski definition) is 0. The number of nitrogens with zero attached hydrogens (tertiary/aromatic N) is 1. The fraction of sp³-hybridized carbons (Fsp3) is 0.333. The van der Waals surface area contributed by atoms with Gasteiger partial charge >= 0.3 is 0 Å². The zero-order valence-electron chi connectivity index (χ0n) is 14.1. The van der Waals surface area contributed by atoms with Crippen LogP contribution < -0.4 is 9.47 Å². The van der Waals surface area contributed by atoms with E-state index in [0.717, 1.165) is 40.2 Å². The molecule has 0 bridgehead atoms. The minimum atomic E-state index is -0.421. The Morgan fingerprint density at radius 3 is 2.96 bits per heavy atom. The highest BCUT2D eigenvalue weighted by Crippen LogP contribution is 2.46. The van der Waals surface area contributed by atoms with E-state index in [1.807, 2.05) is 43.3 Å². The average molecular weight is 333 g/mol. The molecule has 25 heavy (non-hydrogen) atoms. The van der Waals surface area contributed by atoms with E-state index in [-0.39, 0.29) is 18.5 Å². The number of ketones is 1. The quantitative estimate of drug-likeness (QED) is 0.859. The van der Waals surface area contributed by atoms with Crippen LogP contribution in [-0.2, 0) is 17.6 Å². The Kier molecular flexibility index (Phi) is 3.93. The first-order valence-corrected chi connectivity index (χ1v) is 8.56. The number of ether oxygens (including phenoxy) is 2. The lowest BCUT2D eigenvalue weighted by Crippen LogP contribution is -2.28. The summed E-state index contributed by atoms with van der Waals surface area (Å²) in [6, 6.07) is 14.1. The van der Waals surface area contributed by atoms with Crippen LogP contribution in [0.5, 0.6) is 11.5 Å². The van der Waals surface area contributed by atoms with E-state index in [4.69, 9.17) is 9.47 Å². The molecule has 2 aromatic carbocycles. The summed E-state index contributed by atoms with van der Waals surface area (Å²) in [6.07, 6.45) is 1.80. The van der Waals surface area contributed by atoms with E-state index in [0.29, 0.717) is 12.8 Å². The SMILES string of the molecule is Cc1cccc(CC(=O)C2CCc3c(ccc4c3OCO4)C2C#N)c1. The van der Waals surface area contributed by atoms with Gasteiger partial charge in [-0.05, 0) is 37.0 Å². The lowest BCUT2D eigenvalue weighted by atomic mass is 9.72. The standard InChI is InChI=1S/C21H19NO3/c1-13-3-2-4-14(9-13)10-19(23)16-5-6-17-15(18(16)11-22)7-8-20-21(17)25-12-24-20/h2-4,7-9,16,18H,5-6,10,12H2,1H3. The van der Waals surface area contributed by atoms with Crippen LogP contribution in [0.3, 0.4) is 0 Å². The Morgan fingerprint density at radius 2 is 2.16 bits per heavy atom. The number of nitriles is 1. The molecule has 0 N–H and O–H groups in total. The van der Waals surface area contributed by atoms with Crippen LogP contribution in [0.1, 0.15) is 34.6 Å². The molecular weight excluding hydrogens is 314 g/mol. The Hall–Kier alpha value is -2.80. The maximum Gasteiger partial charge on any atom is 0.231 e. The van der Waals surface area contributed by atoms with Crippen molar-refractivity contribution in [2.75, 3.05) is 6.79 Å². The zero-order chi connectivity index (χ0) is 17.4. The van der Waals surface area contributed by atoms with Gasteiger partial charge in [0.25, 0.3) is 0 Å². The van der Waals surface area contributed by atoms with Gasteiger partial charge in [-0.25, -0.2) is 0 Å². The Labute approximate surface area is 147 Å². The van der Waals surface area contributed by atoms with E-state index < -0.39 is 5.92 Å². The van der Waals surface area contributed by atoms with Gasteiger partial charge in [-0.2, -0.15) is 5.26 Å². The Bertz CT molecular complexity index is 881. The van der Waals surface area contributed by atoms with Gasteiger partial charge in [-0.15, -0.1) is 0 Å². The van der Waals surface area contributed by atoms with Crippen molar-refractivity contribution in [3.05, 3.63) is 58.7 Å². The molecule has 0 spiro atoms. The molecule has 2 aliphatic rings. The van der Waals surface area contributed by atoms with Gasteiger partial charge in [0, 0.05) is 17.9 Å². The minimum Gasteiger partial charge on any atom is -0.454 e. The summed E-state index contributed by atoms with van der Waals surface area (Å²) in [6.45, 7) is 2.24. The van der Waals surface area contributed by atoms with Crippen LogP contribution >= 0.6 is 0 Å². The van der Waals surface area contributed by atoms with Crippen molar-refractivity contribution in [3.63, 3.8) is 0 Å². The van der Waals surface area contributed by atoms with Crippen molar-refractivity contribution in [2.24, 2.45) is 5.92 Å².